The first-order valence-electron chi connectivity index (χ1n) is 4.62. The van der Waals surface area contributed by atoms with Gasteiger partial charge in [0, 0.05) is 5.56 Å². The van der Waals surface area contributed by atoms with Crippen LogP contribution in [-0.4, -0.2) is 5.78 Å². The zero-order chi connectivity index (χ0) is 10.6. The van der Waals surface area contributed by atoms with Crippen LogP contribution < -0.4 is 0 Å². The fourth-order valence-electron chi connectivity index (χ4n) is 1.07. The van der Waals surface area contributed by atoms with Gasteiger partial charge in [-0.15, -0.1) is 0 Å². The van der Waals surface area contributed by atoms with Gasteiger partial charge >= 0.3 is 0 Å². The summed E-state index contributed by atoms with van der Waals surface area (Å²) in [6.45, 7) is 3.62. The Hall–Kier alpha value is -1.44. The molecule has 0 saturated heterocycles. The molecule has 1 aromatic rings. The highest BCUT2D eigenvalue weighted by Gasteiger charge is 2.04. The summed E-state index contributed by atoms with van der Waals surface area (Å²) < 4.78 is 13.1. The molecule has 1 rings (SSSR count). The van der Waals surface area contributed by atoms with Crippen LogP contribution >= 0.6 is 0 Å². The average molecular weight is 192 g/mol. The maximum atomic E-state index is 13.1. The number of benzene rings is 1. The number of carbonyl (C=O) groups is 1. The van der Waals surface area contributed by atoms with Gasteiger partial charge in [-0.25, -0.2) is 4.39 Å². The topological polar surface area (TPSA) is 17.1 Å². The van der Waals surface area contributed by atoms with E-state index in [0.717, 1.165) is 6.42 Å². The Balaban J connectivity index is 2.91. The number of ketones is 1. The number of aryl methyl sites for hydroxylation is 1. The molecule has 0 atom stereocenters. The molecule has 0 heterocycles. The fourth-order valence-corrected chi connectivity index (χ4v) is 1.07. The fraction of sp³-hybridized carbons (Fsp3) is 0.250. The lowest BCUT2D eigenvalue weighted by Gasteiger charge is -1.98. The van der Waals surface area contributed by atoms with E-state index in [9.17, 15) is 9.18 Å². The van der Waals surface area contributed by atoms with Gasteiger partial charge in [0.15, 0.2) is 5.78 Å². The maximum Gasteiger partial charge on any atom is 0.185 e. The van der Waals surface area contributed by atoms with Crippen molar-refractivity contribution in [3.05, 3.63) is 47.3 Å². The molecule has 0 unspecified atom stereocenters. The lowest BCUT2D eigenvalue weighted by atomic mass is 10.1. The van der Waals surface area contributed by atoms with E-state index in [1.54, 1.807) is 25.1 Å². The first-order chi connectivity index (χ1) is 6.65. The predicted octanol–water partition coefficient (Wildman–Crippen LogP) is 3.28. The second-order valence-electron chi connectivity index (χ2n) is 3.14. The van der Waals surface area contributed by atoms with Crippen molar-refractivity contribution >= 4 is 5.78 Å². The van der Waals surface area contributed by atoms with Crippen LogP contribution in [0.4, 0.5) is 4.39 Å². The number of halogens is 1. The van der Waals surface area contributed by atoms with E-state index >= 15 is 0 Å². The van der Waals surface area contributed by atoms with E-state index in [1.165, 1.54) is 12.1 Å². The summed E-state index contributed by atoms with van der Waals surface area (Å²) in [7, 11) is 0. The Kier molecular flexibility index (Phi) is 3.57. The molecule has 0 aliphatic carbocycles. The molecular weight excluding hydrogens is 179 g/mol. The van der Waals surface area contributed by atoms with E-state index in [2.05, 4.69) is 0 Å². The van der Waals surface area contributed by atoms with Gasteiger partial charge in [-0.05, 0) is 31.1 Å². The minimum absolute atomic E-state index is 0.147. The molecule has 0 radical (unpaired) electrons. The number of allylic oxidation sites excluding steroid dienone is 2. The molecule has 0 aliphatic rings. The Morgan fingerprint density at radius 2 is 2.21 bits per heavy atom. The van der Waals surface area contributed by atoms with E-state index in [0.29, 0.717) is 11.1 Å². The van der Waals surface area contributed by atoms with Crippen LogP contribution in [0.15, 0.2) is 30.4 Å². The van der Waals surface area contributed by atoms with Gasteiger partial charge in [-0.2, -0.15) is 0 Å². The van der Waals surface area contributed by atoms with Crippen LogP contribution in [0.25, 0.3) is 0 Å². The van der Waals surface area contributed by atoms with Crippen molar-refractivity contribution in [1.29, 1.82) is 0 Å². The van der Waals surface area contributed by atoms with Gasteiger partial charge in [0.2, 0.25) is 0 Å². The average Bonchev–Trinajstić information content (AvgIpc) is 2.18. The van der Waals surface area contributed by atoms with Crippen molar-refractivity contribution in [2.75, 3.05) is 0 Å². The first-order valence-corrected chi connectivity index (χ1v) is 4.62. The van der Waals surface area contributed by atoms with E-state index in [-0.39, 0.29) is 11.6 Å². The molecule has 1 aromatic carbocycles. The number of carbonyl (C=O) groups excluding carboxylic acids is 1. The molecule has 0 N–H and O–H groups in total. The van der Waals surface area contributed by atoms with E-state index in [1.807, 2.05) is 6.92 Å². The largest absolute Gasteiger partial charge is 0.289 e. The van der Waals surface area contributed by atoms with E-state index in [4.69, 9.17) is 0 Å². The maximum absolute atomic E-state index is 13.1. The quantitative estimate of drug-likeness (QED) is 0.530. The highest BCUT2D eigenvalue weighted by atomic mass is 19.1. The summed E-state index contributed by atoms with van der Waals surface area (Å²) in [4.78, 5) is 11.4. The van der Waals surface area contributed by atoms with Crippen LogP contribution in [0, 0.1) is 12.7 Å². The van der Waals surface area contributed by atoms with Crippen LogP contribution in [0.5, 0.6) is 0 Å². The van der Waals surface area contributed by atoms with Gasteiger partial charge in [0.25, 0.3) is 0 Å². The summed E-state index contributed by atoms with van der Waals surface area (Å²) >= 11 is 0. The highest BCUT2D eigenvalue weighted by Crippen LogP contribution is 2.10. The van der Waals surface area contributed by atoms with Crippen LogP contribution in [-0.2, 0) is 0 Å². The smallest absolute Gasteiger partial charge is 0.185 e. The number of hydrogen-bond acceptors (Lipinski definition) is 1. The molecule has 0 fully saturated rings. The summed E-state index contributed by atoms with van der Waals surface area (Å²) in [6, 6.07) is 4.53. The summed E-state index contributed by atoms with van der Waals surface area (Å²) in [6.07, 6.45) is 4.05. The van der Waals surface area contributed by atoms with Crippen LogP contribution in [0.1, 0.15) is 29.3 Å². The molecule has 74 valence electrons. The third-order valence-electron chi connectivity index (χ3n) is 1.96. The molecule has 1 nitrogen and oxygen atoms in total. The van der Waals surface area contributed by atoms with Crippen molar-refractivity contribution in [2.45, 2.75) is 20.3 Å². The summed E-state index contributed by atoms with van der Waals surface area (Å²) in [5.74, 6) is -0.480. The van der Waals surface area contributed by atoms with Crippen molar-refractivity contribution in [3.63, 3.8) is 0 Å². The number of rotatable bonds is 3. The summed E-state index contributed by atoms with van der Waals surface area (Å²) in [5.41, 5.74) is 0.957. The second-order valence-corrected chi connectivity index (χ2v) is 3.14. The minimum atomic E-state index is -0.333. The zero-order valence-corrected chi connectivity index (χ0v) is 8.38. The molecule has 0 saturated carbocycles. The molecule has 0 aromatic heterocycles. The normalized spacial score (nSPS) is 10.8. The van der Waals surface area contributed by atoms with E-state index < -0.39 is 0 Å². The third kappa shape index (κ3) is 2.52. The van der Waals surface area contributed by atoms with Gasteiger partial charge in [-0.1, -0.05) is 25.1 Å². The minimum Gasteiger partial charge on any atom is -0.289 e. The Bertz CT molecular complexity index is 367. The van der Waals surface area contributed by atoms with Crippen LogP contribution in [0.3, 0.4) is 0 Å². The molecule has 0 spiro atoms. The van der Waals surface area contributed by atoms with Crippen molar-refractivity contribution in [2.24, 2.45) is 0 Å². The molecular formula is C12H13FO. The zero-order valence-electron chi connectivity index (χ0n) is 8.38. The lowest BCUT2D eigenvalue weighted by Crippen LogP contribution is -1.96. The molecule has 14 heavy (non-hydrogen) atoms. The van der Waals surface area contributed by atoms with Gasteiger partial charge < -0.3 is 0 Å². The Morgan fingerprint density at radius 1 is 1.50 bits per heavy atom. The van der Waals surface area contributed by atoms with Crippen molar-refractivity contribution < 1.29 is 9.18 Å². The summed E-state index contributed by atoms with van der Waals surface area (Å²) in [5, 5.41) is 0. The molecule has 0 aliphatic heterocycles. The SMILES string of the molecule is CC/C=C/C(=O)c1ccc(C)c(F)c1. The Labute approximate surface area is 83.3 Å². The van der Waals surface area contributed by atoms with Crippen LogP contribution in [0.2, 0.25) is 0 Å². The van der Waals surface area contributed by atoms with Gasteiger partial charge in [0.1, 0.15) is 5.82 Å². The molecule has 0 bridgehead atoms. The van der Waals surface area contributed by atoms with Crippen molar-refractivity contribution in [1.82, 2.24) is 0 Å². The molecule has 2 heteroatoms. The van der Waals surface area contributed by atoms with Crippen molar-refractivity contribution in [3.8, 4) is 0 Å². The van der Waals surface area contributed by atoms with Gasteiger partial charge in [-0.3, -0.25) is 4.79 Å². The standard InChI is InChI=1S/C12H13FO/c1-3-4-5-12(14)10-7-6-9(2)11(13)8-10/h4-8H,3H2,1-2H3/b5-4+. The molecule has 0 amide bonds. The third-order valence-corrected chi connectivity index (χ3v) is 1.96. The number of hydrogen-bond donors (Lipinski definition) is 0. The lowest BCUT2D eigenvalue weighted by molar-refractivity contribution is 0.104. The predicted molar refractivity (Wildman–Crippen MR) is 54.9 cm³/mol. The first kappa shape index (κ1) is 10.6. The highest BCUT2D eigenvalue weighted by molar-refractivity contribution is 6.04. The monoisotopic (exact) mass is 192 g/mol. The Morgan fingerprint density at radius 3 is 2.79 bits per heavy atom. The second kappa shape index (κ2) is 4.70. The van der Waals surface area contributed by atoms with Gasteiger partial charge in [0.05, 0.1) is 0 Å².